The monoisotopic (exact) mass is 256 g/mol. The number of amides is 2. The summed E-state index contributed by atoms with van der Waals surface area (Å²) in [5.74, 6) is -0.255. The van der Waals surface area contributed by atoms with Gasteiger partial charge in [0.15, 0.2) is 0 Å². The maximum Gasteiger partial charge on any atom is 0.317 e. The number of hydrogen-bond donors (Lipinski definition) is 1. The molecule has 0 aliphatic heterocycles. The summed E-state index contributed by atoms with van der Waals surface area (Å²) in [5.41, 5.74) is 0. The van der Waals surface area contributed by atoms with Crippen LogP contribution in [0.2, 0.25) is 0 Å². The second kappa shape index (κ2) is 7.95. The van der Waals surface area contributed by atoms with Gasteiger partial charge < -0.3 is 15.0 Å². The molecule has 2 amide bonds. The molecule has 1 aliphatic carbocycles. The molecule has 0 unspecified atom stereocenters. The van der Waals surface area contributed by atoms with Crippen LogP contribution in [0.5, 0.6) is 0 Å². The Balaban J connectivity index is 2.21. The normalized spacial score (nSPS) is 16.1. The third kappa shape index (κ3) is 5.38. The third-order valence-corrected chi connectivity index (χ3v) is 3.24. The number of urea groups is 1. The molecule has 1 rings (SSSR count). The topological polar surface area (TPSA) is 58.6 Å². The van der Waals surface area contributed by atoms with Gasteiger partial charge in [0, 0.05) is 19.6 Å². The number of rotatable bonds is 5. The second-order valence-corrected chi connectivity index (χ2v) is 4.76. The zero-order chi connectivity index (χ0) is 13.4. The van der Waals surface area contributed by atoms with Gasteiger partial charge in [-0.05, 0) is 19.8 Å². The van der Waals surface area contributed by atoms with E-state index < -0.39 is 0 Å². The molecule has 0 heterocycles. The summed E-state index contributed by atoms with van der Waals surface area (Å²) in [5, 5.41) is 3.01. The average molecular weight is 256 g/mol. The first-order chi connectivity index (χ1) is 8.63. The van der Waals surface area contributed by atoms with Crippen LogP contribution in [0.3, 0.4) is 0 Å². The molecule has 0 atom stereocenters. The van der Waals surface area contributed by atoms with Gasteiger partial charge in [0.05, 0.1) is 13.0 Å². The third-order valence-electron chi connectivity index (χ3n) is 3.24. The maximum absolute atomic E-state index is 11.8. The molecule has 18 heavy (non-hydrogen) atoms. The fraction of sp³-hybridized carbons (Fsp3) is 0.846. The highest BCUT2D eigenvalue weighted by atomic mass is 16.5. The lowest BCUT2D eigenvalue weighted by atomic mass is 9.96. The summed E-state index contributed by atoms with van der Waals surface area (Å²) < 4.78 is 4.82. The average Bonchev–Trinajstić information content (AvgIpc) is 2.37. The minimum Gasteiger partial charge on any atom is -0.466 e. The molecule has 0 aromatic heterocycles. The smallest absolute Gasteiger partial charge is 0.317 e. The number of hydrogen-bond acceptors (Lipinski definition) is 3. The van der Waals surface area contributed by atoms with Crippen molar-refractivity contribution >= 4 is 12.0 Å². The highest BCUT2D eigenvalue weighted by Crippen LogP contribution is 2.17. The first-order valence-electron chi connectivity index (χ1n) is 6.80. The number of esters is 1. The Hall–Kier alpha value is -1.26. The lowest BCUT2D eigenvalue weighted by Gasteiger charge is -2.26. The van der Waals surface area contributed by atoms with Crippen LogP contribution in [-0.4, -0.2) is 43.1 Å². The van der Waals surface area contributed by atoms with Crippen LogP contribution in [0.15, 0.2) is 0 Å². The molecule has 0 aromatic rings. The van der Waals surface area contributed by atoms with E-state index in [2.05, 4.69) is 5.32 Å². The largest absolute Gasteiger partial charge is 0.466 e. The molecule has 0 spiro atoms. The van der Waals surface area contributed by atoms with Crippen LogP contribution in [0.4, 0.5) is 4.79 Å². The summed E-state index contributed by atoms with van der Waals surface area (Å²) in [4.78, 5) is 24.6. The maximum atomic E-state index is 11.8. The van der Waals surface area contributed by atoms with Crippen LogP contribution >= 0.6 is 0 Å². The van der Waals surface area contributed by atoms with Crippen molar-refractivity contribution in [1.82, 2.24) is 10.2 Å². The van der Waals surface area contributed by atoms with E-state index in [4.69, 9.17) is 4.74 Å². The highest BCUT2D eigenvalue weighted by molar-refractivity contribution is 5.75. The van der Waals surface area contributed by atoms with Gasteiger partial charge in [0.2, 0.25) is 0 Å². The van der Waals surface area contributed by atoms with Gasteiger partial charge in [0.25, 0.3) is 0 Å². The van der Waals surface area contributed by atoms with Gasteiger partial charge in [-0.1, -0.05) is 19.3 Å². The van der Waals surface area contributed by atoms with E-state index >= 15 is 0 Å². The number of carbonyl (C=O) groups excluding carboxylic acids is 2. The minimum atomic E-state index is -0.255. The predicted octanol–water partition coefficient (Wildman–Crippen LogP) is 1.91. The van der Waals surface area contributed by atoms with Crippen LogP contribution in [0.1, 0.15) is 45.4 Å². The summed E-state index contributed by atoms with van der Waals surface area (Å²) in [7, 11) is 1.71. The molecule has 1 N–H and O–H groups in total. The molecular formula is C13H24N2O3. The summed E-state index contributed by atoms with van der Waals surface area (Å²) in [6, 6.07) is 0.211. The number of nitrogens with one attached hydrogen (secondary N) is 1. The number of carbonyl (C=O) groups is 2. The first-order valence-corrected chi connectivity index (χ1v) is 6.80. The Morgan fingerprint density at radius 1 is 1.28 bits per heavy atom. The zero-order valence-electron chi connectivity index (χ0n) is 11.4. The number of nitrogens with zero attached hydrogens (tertiary/aromatic N) is 1. The Morgan fingerprint density at radius 2 is 1.94 bits per heavy atom. The fourth-order valence-corrected chi connectivity index (χ4v) is 2.13. The lowest BCUT2D eigenvalue weighted by molar-refractivity contribution is -0.143. The van der Waals surface area contributed by atoms with E-state index in [1.807, 2.05) is 0 Å². The van der Waals surface area contributed by atoms with Crippen LogP contribution < -0.4 is 5.32 Å². The minimum absolute atomic E-state index is 0.0915. The molecule has 5 nitrogen and oxygen atoms in total. The highest BCUT2D eigenvalue weighted by Gasteiger charge is 2.18. The molecule has 104 valence electrons. The summed E-state index contributed by atoms with van der Waals surface area (Å²) in [6.45, 7) is 2.56. The summed E-state index contributed by atoms with van der Waals surface area (Å²) >= 11 is 0. The van der Waals surface area contributed by atoms with Gasteiger partial charge in [-0.3, -0.25) is 4.79 Å². The van der Waals surface area contributed by atoms with E-state index in [1.54, 1.807) is 18.9 Å². The molecule has 1 aliphatic rings. The second-order valence-electron chi connectivity index (χ2n) is 4.76. The van der Waals surface area contributed by atoms with Gasteiger partial charge in [-0.25, -0.2) is 4.79 Å². The molecule has 1 saturated carbocycles. The van der Waals surface area contributed by atoms with E-state index in [-0.39, 0.29) is 18.4 Å². The van der Waals surface area contributed by atoms with Crippen molar-refractivity contribution in [3.05, 3.63) is 0 Å². The van der Waals surface area contributed by atoms with Crippen molar-refractivity contribution in [2.75, 3.05) is 20.2 Å². The van der Waals surface area contributed by atoms with Crippen molar-refractivity contribution in [3.8, 4) is 0 Å². The Morgan fingerprint density at radius 3 is 2.56 bits per heavy atom. The van der Waals surface area contributed by atoms with Gasteiger partial charge >= 0.3 is 12.0 Å². The van der Waals surface area contributed by atoms with Gasteiger partial charge in [-0.15, -0.1) is 0 Å². The zero-order valence-corrected chi connectivity index (χ0v) is 11.4. The summed E-state index contributed by atoms with van der Waals surface area (Å²) in [6.07, 6.45) is 6.04. The van der Waals surface area contributed by atoms with Crippen LogP contribution in [0, 0.1) is 0 Å². The van der Waals surface area contributed by atoms with E-state index in [9.17, 15) is 9.59 Å². The first kappa shape index (κ1) is 14.8. The predicted molar refractivity (Wildman–Crippen MR) is 69.3 cm³/mol. The van der Waals surface area contributed by atoms with Crippen LogP contribution in [-0.2, 0) is 9.53 Å². The van der Waals surface area contributed by atoms with Crippen molar-refractivity contribution in [3.63, 3.8) is 0 Å². The SMILES string of the molecule is CCOC(=O)CCN(C)C(=O)NC1CCCCC1. The van der Waals surface area contributed by atoms with Crippen molar-refractivity contribution in [2.45, 2.75) is 51.5 Å². The van der Waals surface area contributed by atoms with Gasteiger partial charge in [0.1, 0.15) is 0 Å². The van der Waals surface area contributed by atoms with Crippen molar-refractivity contribution in [1.29, 1.82) is 0 Å². The van der Waals surface area contributed by atoms with Crippen LogP contribution in [0.25, 0.3) is 0 Å². The Labute approximate surface area is 109 Å². The molecule has 0 aromatic carbocycles. The number of ether oxygens (including phenoxy) is 1. The molecule has 0 bridgehead atoms. The molecular weight excluding hydrogens is 232 g/mol. The fourth-order valence-electron chi connectivity index (χ4n) is 2.13. The van der Waals surface area contributed by atoms with E-state index in [0.29, 0.717) is 19.2 Å². The van der Waals surface area contributed by atoms with Gasteiger partial charge in [-0.2, -0.15) is 0 Å². The molecule has 1 fully saturated rings. The Kier molecular flexibility index (Phi) is 6.54. The standard InChI is InChI=1S/C13H24N2O3/c1-3-18-12(16)9-10-15(2)13(17)14-11-7-5-4-6-8-11/h11H,3-10H2,1-2H3,(H,14,17). The molecule has 0 saturated heterocycles. The Bertz CT molecular complexity index is 275. The van der Waals surface area contributed by atoms with Crippen molar-refractivity contribution < 1.29 is 14.3 Å². The quantitative estimate of drug-likeness (QED) is 0.764. The van der Waals surface area contributed by atoms with E-state index in [0.717, 1.165) is 12.8 Å². The van der Waals surface area contributed by atoms with Crippen molar-refractivity contribution in [2.24, 2.45) is 0 Å². The van der Waals surface area contributed by atoms with E-state index in [1.165, 1.54) is 19.3 Å². The lowest BCUT2D eigenvalue weighted by Crippen LogP contribution is -2.44. The molecule has 0 radical (unpaired) electrons. The molecule has 5 heteroatoms.